The number of aryl methyl sites for hydroxylation is 3. The molecule has 6 nitrogen and oxygen atoms in total. The van der Waals surface area contributed by atoms with Crippen molar-refractivity contribution < 1.29 is 17.9 Å². The summed E-state index contributed by atoms with van der Waals surface area (Å²) in [6.45, 7) is 3.81. The smallest absolute Gasteiger partial charge is 0.434 e. The zero-order chi connectivity index (χ0) is 18.2. The molecular weight excluding hydrogens is 335 g/mol. The number of fused-ring (bicyclic) bond motifs is 1. The number of rotatable bonds is 5. The molecule has 0 saturated carbocycles. The molecule has 1 atom stereocenters. The average Bonchev–Trinajstić information content (AvgIpc) is 3.07. The summed E-state index contributed by atoms with van der Waals surface area (Å²) in [6.07, 6.45) is -1.87. The number of ether oxygens (including phenoxy) is 1. The number of nitrogens with zero attached hydrogens (tertiary/aromatic N) is 4. The maximum Gasteiger partial charge on any atom is 0.434 e. The van der Waals surface area contributed by atoms with Crippen LogP contribution in [-0.4, -0.2) is 33.0 Å². The molecule has 1 N–H and O–H groups in total. The highest BCUT2D eigenvalue weighted by molar-refractivity contribution is 5.30. The Bertz CT molecular complexity index is 750. The fourth-order valence-electron chi connectivity index (χ4n) is 3.36. The Morgan fingerprint density at radius 2 is 2.16 bits per heavy atom. The quantitative estimate of drug-likeness (QED) is 0.892. The number of methoxy groups -OCH3 is 1. The molecule has 3 rings (SSSR count). The summed E-state index contributed by atoms with van der Waals surface area (Å²) in [4.78, 5) is 3.71. The zero-order valence-electron chi connectivity index (χ0n) is 14.5. The minimum absolute atomic E-state index is 0.269. The second kappa shape index (κ2) is 6.70. The Hall–Kier alpha value is -2.03. The Balaban J connectivity index is 1.58. The lowest BCUT2D eigenvalue weighted by Gasteiger charge is -2.24. The second-order valence-electron chi connectivity index (χ2n) is 6.42. The van der Waals surface area contributed by atoms with Crippen LogP contribution in [0.5, 0.6) is 5.88 Å². The van der Waals surface area contributed by atoms with E-state index in [1.807, 2.05) is 14.0 Å². The molecule has 0 spiro atoms. The lowest BCUT2D eigenvalue weighted by Crippen LogP contribution is -2.29. The van der Waals surface area contributed by atoms with Gasteiger partial charge in [0.1, 0.15) is 5.82 Å². The molecule has 1 aliphatic heterocycles. The second-order valence-corrected chi connectivity index (χ2v) is 6.42. The van der Waals surface area contributed by atoms with Gasteiger partial charge < -0.3 is 14.6 Å². The molecule has 3 heterocycles. The van der Waals surface area contributed by atoms with Gasteiger partial charge in [-0.05, 0) is 25.8 Å². The molecule has 25 heavy (non-hydrogen) atoms. The molecule has 0 fully saturated rings. The third-order valence-electron chi connectivity index (χ3n) is 4.60. The van der Waals surface area contributed by atoms with Crippen LogP contribution in [0.15, 0.2) is 6.20 Å². The van der Waals surface area contributed by atoms with Crippen LogP contribution in [0.1, 0.15) is 29.2 Å². The lowest BCUT2D eigenvalue weighted by atomic mass is 9.99. The number of alkyl halides is 3. The highest BCUT2D eigenvalue weighted by atomic mass is 19.4. The predicted octanol–water partition coefficient (Wildman–Crippen LogP) is 2.30. The molecular formula is C16H22F3N5O. The molecule has 2 aromatic rings. The number of hydrogen-bond donors (Lipinski definition) is 1. The van der Waals surface area contributed by atoms with Gasteiger partial charge in [0.15, 0.2) is 5.69 Å². The van der Waals surface area contributed by atoms with Gasteiger partial charge in [0, 0.05) is 32.8 Å². The standard InChI is InChI=1S/C16H22F3N5O/c1-10-12(15(25-3)23(2)22-10)7-20-6-11-4-5-14-21-13(16(17,18)19)9-24(14)8-11/h9,11,20H,4-8H2,1-3H3/t11-/m0/s1. The first-order chi connectivity index (χ1) is 11.8. The summed E-state index contributed by atoms with van der Waals surface area (Å²) in [7, 11) is 3.44. The van der Waals surface area contributed by atoms with Crippen LogP contribution in [0, 0.1) is 12.8 Å². The van der Waals surface area contributed by atoms with Gasteiger partial charge >= 0.3 is 6.18 Å². The Morgan fingerprint density at radius 1 is 1.40 bits per heavy atom. The molecule has 0 aliphatic carbocycles. The van der Waals surface area contributed by atoms with Crippen molar-refractivity contribution in [3.63, 3.8) is 0 Å². The van der Waals surface area contributed by atoms with E-state index in [0.717, 1.165) is 36.3 Å². The predicted molar refractivity (Wildman–Crippen MR) is 85.2 cm³/mol. The van der Waals surface area contributed by atoms with Crippen molar-refractivity contribution in [3.8, 4) is 5.88 Å². The van der Waals surface area contributed by atoms with Crippen molar-refractivity contribution in [2.45, 2.75) is 39.0 Å². The first-order valence-corrected chi connectivity index (χ1v) is 8.20. The fourth-order valence-corrected chi connectivity index (χ4v) is 3.36. The number of halogens is 3. The largest absolute Gasteiger partial charge is 0.481 e. The lowest BCUT2D eigenvalue weighted by molar-refractivity contribution is -0.141. The van der Waals surface area contributed by atoms with Gasteiger partial charge in [0.2, 0.25) is 5.88 Å². The number of imidazole rings is 1. The zero-order valence-corrected chi connectivity index (χ0v) is 14.5. The summed E-state index contributed by atoms with van der Waals surface area (Å²) in [5, 5.41) is 7.71. The van der Waals surface area contributed by atoms with Gasteiger partial charge in [-0.3, -0.25) is 0 Å². The summed E-state index contributed by atoms with van der Waals surface area (Å²) >= 11 is 0. The van der Waals surface area contributed by atoms with Gasteiger partial charge in [-0.15, -0.1) is 0 Å². The molecule has 0 bridgehead atoms. The molecule has 1 aliphatic rings. The van der Waals surface area contributed by atoms with Gasteiger partial charge in [-0.1, -0.05) is 0 Å². The van der Waals surface area contributed by atoms with Crippen molar-refractivity contribution in [1.29, 1.82) is 0 Å². The van der Waals surface area contributed by atoms with Crippen molar-refractivity contribution in [1.82, 2.24) is 24.6 Å². The van der Waals surface area contributed by atoms with Crippen molar-refractivity contribution in [2.75, 3.05) is 13.7 Å². The van der Waals surface area contributed by atoms with Gasteiger partial charge in [-0.2, -0.15) is 18.3 Å². The van der Waals surface area contributed by atoms with Crippen molar-refractivity contribution in [3.05, 3.63) is 29.0 Å². The topological polar surface area (TPSA) is 56.9 Å². The molecule has 0 unspecified atom stereocenters. The molecule has 9 heteroatoms. The first-order valence-electron chi connectivity index (χ1n) is 8.20. The van der Waals surface area contributed by atoms with E-state index in [1.165, 1.54) is 0 Å². The summed E-state index contributed by atoms with van der Waals surface area (Å²) in [5.74, 6) is 1.51. The van der Waals surface area contributed by atoms with Crippen LogP contribution in [0.25, 0.3) is 0 Å². The van der Waals surface area contributed by atoms with Crippen LogP contribution in [0.3, 0.4) is 0 Å². The Morgan fingerprint density at radius 3 is 2.84 bits per heavy atom. The van der Waals surface area contributed by atoms with E-state index < -0.39 is 11.9 Å². The van der Waals surface area contributed by atoms with Crippen molar-refractivity contribution in [2.24, 2.45) is 13.0 Å². The van der Waals surface area contributed by atoms with Crippen LogP contribution in [0.2, 0.25) is 0 Å². The number of hydrogen-bond acceptors (Lipinski definition) is 4. The normalized spacial score (nSPS) is 17.6. The van der Waals surface area contributed by atoms with E-state index in [4.69, 9.17) is 4.74 Å². The van der Waals surface area contributed by atoms with Gasteiger partial charge in [0.25, 0.3) is 0 Å². The minimum Gasteiger partial charge on any atom is -0.481 e. The molecule has 0 amide bonds. The minimum atomic E-state index is -4.38. The van der Waals surface area contributed by atoms with E-state index in [2.05, 4.69) is 15.4 Å². The van der Waals surface area contributed by atoms with Crippen molar-refractivity contribution >= 4 is 0 Å². The highest BCUT2D eigenvalue weighted by Crippen LogP contribution is 2.30. The van der Waals surface area contributed by atoms with Crippen LogP contribution < -0.4 is 10.1 Å². The van der Waals surface area contributed by atoms with Crippen LogP contribution in [0.4, 0.5) is 13.2 Å². The van der Waals surface area contributed by atoms with E-state index >= 15 is 0 Å². The monoisotopic (exact) mass is 357 g/mol. The third kappa shape index (κ3) is 3.65. The van der Waals surface area contributed by atoms with E-state index in [1.54, 1.807) is 16.4 Å². The number of nitrogens with one attached hydrogen (secondary N) is 1. The van der Waals surface area contributed by atoms with E-state index in [9.17, 15) is 13.2 Å². The molecule has 138 valence electrons. The third-order valence-corrected chi connectivity index (χ3v) is 4.60. The summed E-state index contributed by atoms with van der Waals surface area (Å²) < 4.78 is 47.0. The summed E-state index contributed by atoms with van der Waals surface area (Å²) in [5.41, 5.74) is 1.11. The van der Waals surface area contributed by atoms with Gasteiger partial charge in [0.05, 0.1) is 18.4 Å². The summed E-state index contributed by atoms with van der Waals surface area (Å²) in [6, 6.07) is 0. The molecule has 0 saturated heterocycles. The molecule has 0 radical (unpaired) electrons. The fraction of sp³-hybridized carbons (Fsp3) is 0.625. The van der Waals surface area contributed by atoms with Gasteiger partial charge in [-0.25, -0.2) is 9.67 Å². The van der Waals surface area contributed by atoms with E-state index in [-0.39, 0.29) is 5.92 Å². The first kappa shape index (κ1) is 17.8. The highest BCUT2D eigenvalue weighted by Gasteiger charge is 2.35. The number of aromatic nitrogens is 4. The maximum absolute atomic E-state index is 12.8. The molecule has 0 aromatic carbocycles. The Labute approximate surface area is 144 Å². The molecule has 2 aromatic heterocycles. The SMILES string of the molecule is COc1c(CNC[C@@H]2CCc3nc(C(F)(F)F)cn3C2)c(C)nn1C. The Kier molecular flexibility index (Phi) is 4.77. The van der Waals surface area contributed by atoms with Crippen LogP contribution in [-0.2, 0) is 32.7 Å². The maximum atomic E-state index is 12.8. The average molecular weight is 357 g/mol. The van der Waals surface area contributed by atoms with E-state index in [0.29, 0.717) is 25.3 Å². The van der Waals surface area contributed by atoms with Crippen LogP contribution >= 0.6 is 0 Å².